The molecule has 13 nitrogen and oxygen atoms in total. The van der Waals surface area contributed by atoms with E-state index in [9.17, 15) is 19.2 Å². The van der Waals surface area contributed by atoms with Crippen LogP contribution >= 0.6 is 11.8 Å². The Morgan fingerprint density at radius 2 is 1.46 bits per heavy atom. The van der Waals surface area contributed by atoms with Crippen molar-refractivity contribution in [1.82, 2.24) is 19.8 Å². The molecular weight excluding hydrogens is 769 g/mol. The molecule has 2 saturated heterocycles. The number of rotatable bonds is 13. The summed E-state index contributed by atoms with van der Waals surface area (Å²) in [5.74, 6) is 1.45. The van der Waals surface area contributed by atoms with Crippen LogP contribution in [0.25, 0.3) is 10.9 Å². The van der Waals surface area contributed by atoms with Crippen molar-refractivity contribution < 1.29 is 33.4 Å². The zero-order chi connectivity index (χ0) is 41.5. The number of likely N-dealkylation sites (tertiary alicyclic amines) is 1. The molecule has 0 bridgehead atoms. The van der Waals surface area contributed by atoms with Crippen LogP contribution in [-0.4, -0.2) is 101 Å². The predicted octanol–water partition coefficient (Wildman–Crippen LogP) is 6.89. The van der Waals surface area contributed by atoms with Crippen LogP contribution in [0.4, 0.5) is 11.8 Å². The molecular formula is C45H48N6O7S. The molecule has 0 aliphatic carbocycles. The van der Waals surface area contributed by atoms with Gasteiger partial charge in [0.2, 0.25) is 22.9 Å². The van der Waals surface area contributed by atoms with Crippen molar-refractivity contribution in [2.24, 2.45) is 5.92 Å². The third-order valence-corrected chi connectivity index (χ3v) is 11.9. The molecule has 5 aromatic rings. The first-order chi connectivity index (χ1) is 28.6. The van der Waals surface area contributed by atoms with Crippen LogP contribution in [-0.2, 0) is 9.59 Å². The van der Waals surface area contributed by atoms with E-state index in [0.29, 0.717) is 96.5 Å². The summed E-state index contributed by atoms with van der Waals surface area (Å²) in [5, 5.41) is 3.47. The lowest BCUT2D eigenvalue weighted by atomic mass is 10.1. The number of ether oxygens (including phenoxy) is 3. The molecule has 2 aliphatic heterocycles. The normalized spacial score (nSPS) is 16.3. The molecule has 3 atom stereocenters. The number of nitrogens with zero attached hydrogens (tertiary/aromatic N) is 5. The number of benzene rings is 4. The summed E-state index contributed by atoms with van der Waals surface area (Å²) >= 11 is 1.10. The lowest BCUT2D eigenvalue weighted by Crippen LogP contribution is -2.49. The van der Waals surface area contributed by atoms with Crippen molar-refractivity contribution in [2.45, 2.75) is 38.8 Å². The molecule has 0 radical (unpaired) electrons. The van der Waals surface area contributed by atoms with E-state index in [1.54, 1.807) is 72.4 Å². The van der Waals surface area contributed by atoms with Gasteiger partial charge in [0, 0.05) is 67.0 Å². The topological polar surface area (TPSA) is 144 Å². The van der Waals surface area contributed by atoms with Gasteiger partial charge in [0.05, 0.1) is 19.7 Å². The Morgan fingerprint density at radius 3 is 2.14 bits per heavy atom. The number of aromatic nitrogens is 2. The van der Waals surface area contributed by atoms with Gasteiger partial charge in [-0.2, -0.15) is 4.98 Å². The Kier molecular flexibility index (Phi) is 12.9. The van der Waals surface area contributed by atoms with Gasteiger partial charge in [-0.1, -0.05) is 79.3 Å². The minimum Gasteiger partial charge on any atom is -0.493 e. The van der Waals surface area contributed by atoms with E-state index in [-0.39, 0.29) is 34.8 Å². The molecule has 2 fully saturated rings. The highest BCUT2D eigenvalue weighted by molar-refractivity contribution is 8.14. The number of carbonyl (C=O) groups is 4. The van der Waals surface area contributed by atoms with Gasteiger partial charge in [0.1, 0.15) is 23.7 Å². The zero-order valence-electron chi connectivity index (χ0n) is 33.6. The van der Waals surface area contributed by atoms with Crippen molar-refractivity contribution in [1.29, 1.82) is 0 Å². The summed E-state index contributed by atoms with van der Waals surface area (Å²) in [5.41, 5.74) is 2.74. The van der Waals surface area contributed by atoms with E-state index in [2.05, 4.69) is 5.32 Å². The van der Waals surface area contributed by atoms with Crippen LogP contribution in [0.2, 0.25) is 0 Å². The maximum Gasteiger partial charge on any atom is 0.253 e. The average Bonchev–Trinajstić information content (AvgIpc) is 3.78. The quantitative estimate of drug-likeness (QED) is 0.133. The van der Waals surface area contributed by atoms with E-state index in [1.807, 2.05) is 60.4 Å². The SMILES string of the molecule is COc1cc2nc(N3CCN(C(=O)c4ccc(OC(C)c5ccccc5)cc4)CC3)nc(NC(=O)[C@@H]3CCCN3C(=O)C(C)CSC(=O)c3ccccc3)c2cc1OC. The Bertz CT molecular complexity index is 2290. The van der Waals surface area contributed by atoms with E-state index in [4.69, 9.17) is 24.2 Å². The molecule has 7 rings (SSSR count). The van der Waals surface area contributed by atoms with Crippen molar-refractivity contribution in [2.75, 3.05) is 62.9 Å². The number of hydrogen-bond donors (Lipinski definition) is 1. The molecule has 306 valence electrons. The number of thioether (sulfide) groups is 1. The van der Waals surface area contributed by atoms with Crippen LogP contribution < -0.4 is 24.4 Å². The average molecular weight is 817 g/mol. The third-order valence-electron chi connectivity index (χ3n) is 10.7. The Balaban J connectivity index is 1.03. The molecule has 2 aliphatic rings. The van der Waals surface area contributed by atoms with Crippen LogP contribution in [0, 0.1) is 5.92 Å². The molecule has 4 aromatic carbocycles. The lowest BCUT2D eigenvalue weighted by molar-refractivity contribution is -0.139. The highest BCUT2D eigenvalue weighted by atomic mass is 32.2. The standard InChI is InChI=1S/C45H48N6O7S/c1-29(28-59-44(55)33-14-9-6-10-15-33)42(53)51-21-11-16-37(51)41(52)47-40-35-26-38(56-3)39(57-4)27-36(35)46-45(48-40)50-24-22-49(23-25-50)43(54)32-17-19-34(20-18-32)58-30(2)31-12-7-5-8-13-31/h5-10,12-15,17-20,26-27,29-30,37H,11,16,21-25,28H2,1-4H3,(H,46,47,48,52)/t29?,30?,37-/m0/s1. The first kappa shape index (κ1) is 41.0. The molecule has 59 heavy (non-hydrogen) atoms. The fourth-order valence-electron chi connectivity index (χ4n) is 7.36. The zero-order valence-corrected chi connectivity index (χ0v) is 34.4. The van der Waals surface area contributed by atoms with Crippen molar-refractivity contribution in [3.05, 3.63) is 114 Å². The largest absolute Gasteiger partial charge is 0.493 e. The van der Waals surface area contributed by atoms with E-state index < -0.39 is 12.0 Å². The molecule has 1 N–H and O–H groups in total. The second-order valence-electron chi connectivity index (χ2n) is 14.6. The fourth-order valence-corrected chi connectivity index (χ4v) is 8.21. The van der Waals surface area contributed by atoms with Gasteiger partial charge in [0.15, 0.2) is 11.5 Å². The Labute approximate surface area is 348 Å². The van der Waals surface area contributed by atoms with Gasteiger partial charge in [-0.3, -0.25) is 19.2 Å². The minimum atomic E-state index is -0.712. The number of amides is 3. The van der Waals surface area contributed by atoms with E-state index in [0.717, 1.165) is 17.3 Å². The Hall–Kier alpha value is -6.15. The monoisotopic (exact) mass is 816 g/mol. The highest BCUT2D eigenvalue weighted by Crippen LogP contribution is 2.36. The number of hydrogen-bond acceptors (Lipinski definition) is 11. The van der Waals surface area contributed by atoms with Gasteiger partial charge in [-0.25, -0.2) is 4.98 Å². The van der Waals surface area contributed by atoms with Crippen LogP contribution in [0.5, 0.6) is 17.2 Å². The highest BCUT2D eigenvalue weighted by Gasteiger charge is 2.37. The fraction of sp³-hybridized carbons (Fsp3) is 0.333. The van der Waals surface area contributed by atoms with Crippen LogP contribution in [0.3, 0.4) is 0 Å². The lowest BCUT2D eigenvalue weighted by Gasteiger charge is -2.35. The van der Waals surface area contributed by atoms with Crippen LogP contribution in [0.1, 0.15) is 59.1 Å². The molecule has 14 heteroatoms. The summed E-state index contributed by atoms with van der Waals surface area (Å²) in [4.78, 5) is 69.1. The predicted molar refractivity (Wildman–Crippen MR) is 228 cm³/mol. The number of methoxy groups -OCH3 is 2. The van der Waals surface area contributed by atoms with E-state index in [1.165, 1.54) is 7.11 Å². The molecule has 3 heterocycles. The third kappa shape index (κ3) is 9.44. The van der Waals surface area contributed by atoms with Gasteiger partial charge in [-0.15, -0.1) is 0 Å². The first-order valence-corrected chi connectivity index (χ1v) is 20.7. The molecule has 0 spiro atoms. The maximum absolute atomic E-state index is 14.1. The minimum absolute atomic E-state index is 0.0807. The smallest absolute Gasteiger partial charge is 0.253 e. The van der Waals surface area contributed by atoms with Gasteiger partial charge >= 0.3 is 0 Å². The van der Waals surface area contributed by atoms with Gasteiger partial charge in [0.25, 0.3) is 5.91 Å². The number of fused-ring (bicyclic) bond motifs is 1. The summed E-state index contributed by atoms with van der Waals surface area (Å²) in [6.45, 7) is 6.01. The number of carbonyl (C=O) groups excluding carboxylic acids is 4. The van der Waals surface area contributed by atoms with Crippen molar-refractivity contribution in [3.8, 4) is 17.2 Å². The number of nitrogens with one attached hydrogen (secondary N) is 1. The molecule has 2 unspecified atom stereocenters. The van der Waals surface area contributed by atoms with Crippen molar-refractivity contribution in [3.63, 3.8) is 0 Å². The van der Waals surface area contributed by atoms with Crippen molar-refractivity contribution >= 4 is 57.3 Å². The van der Waals surface area contributed by atoms with Gasteiger partial charge in [-0.05, 0) is 55.7 Å². The number of anilines is 2. The summed E-state index contributed by atoms with van der Waals surface area (Å²) < 4.78 is 17.3. The number of piperazine rings is 1. The van der Waals surface area contributed by atoms with Gasteiger partial charge < -0.3 is 34.2 Å². The second kappa shape index (κ2) is 18.6. The summed E-state index contributed by atoms with van der Waals surface area (Å²) in [7, 11) is 3.07. The molecule has 1 aromatic heterocycles. The summed E-state index contributed by atoms with van der Waals surface area (Å²) in [6.07, 6.45) is 1.03. The molecule has 0 saturated carbocycles. The second-order valence-corrected chi connectivity index (χ2v) is 15.6. The first-order valence-electron chi connectivity index (χ1n) is 19.8. The Morgan fingerprint density at radius 1 is 0.797 bits per heavy atom. The molecule has 3 amide bonds. The maximum atomic E-state index is 14.1. The van der Waals surface area contributed by atoms with E-state index >= 15 is 0 Å². The van der Waals surface area contributed by atoms with Crippen LogP contribution in [0.15, 0.2) is 97.1 Å². The summed E-state index contributed by atoms with van der Waals surface area (Å²) in [6, 6.07) is 28.9.